The highest BCUT2D eigenvalue weighted by molar-refractivity contribution is 9.10. The van der Waals surface area contributed by atoms with Crippen LogP contribution in [0.5, 0.6) is 0 Å². The van der Waals surface area contributed by atoms with Gasteiger partial charge in [0.1, 0.15) is 4.60 Å². The summed E-state index contributed by atoms with van der Waals surface area (Å²) in [4.78, 5) is 5.71. The largest absolute Gasteiger partial charge is 0.396 e. The van der Waals surface area contributed by atoms with Crippen LogP contribution in [0.4, 0.5) is 0 Å². The Hall–Kier alpha value is 0.0700. The predicted octanol–water partition coefficient (Wildman–Crippen LogP) is 2.32. The van der Waals surface area contributed by atoms with Crippen LogP contribution in [0.3, 0.4) is 0 Å². The van der Waals surface area contributed by atoms with Crippen molar-refractivity contribution in [1.82, 2.24) is 4.98 Å². The van der Waals surface area contributed by atoms with Crippen molar-refractivity contribution >= 4 is 27.3 Å². The van der Waals surface area contributed by atoms with Gasteiger partial charge >= 0.3 is 0 Å². The summed E-state index contributed by atoms with van der Waals surface area (Å²) >= 11 is 5.18. The van der Waals surface area contributed by atoms with Crippen LogP contribution >= 0.6 is 27.3 Å². The second-order valence-corrected chi connectivity index (χ2v) is 4.88. The van der Waals surface area contributed by atoms with Gasteiger partial charge in [0, 0.05) is 17.9 Å². The van der Waals surface area contributed by atoms with Gasteiger partial charge in [-0.15, -0.1) is 11.3 Å². The van der Waals surface area contributed by atoms with Crippen LogP contribution in [0, 0.1) is 0 Å². The van der Waals surface area contributed by atoms with E-state index in [-0.39, 0.29) is 6.61 Å². The highest BCUT2D eigenvalue weighted by Gasteiger charge is 2.28. The molecule has 0 unspecified atom stereocenters. The predicted molar refractivity (Wildman–Crippen MR) is 52.6 cm³/mol. The van der Waals surface area contributed by atoms with Crippen LogP contribution in [0.15, 0.2) is 4.60 Å². The molecule has 2 rings (SSSR count). The molecule has 1 N–H and O–H groups in total. The molecule has 2 nitrogen and oxygen atoms in total. The summed E-state index contributed by atoms with van der Waals surface area (Å²) in [6.07, 6.45) is 3.30. The molecule has 1 saturated carbocycles. The smallest absolute Gasteiger partial charge is 0.120 e. The second-order valence-electron chi connectivity index (χ2n) is 3.01. The quantitative estimate of drug-likeness (QED) is 0.890. The van der Waals surface area contributed by atoms with Crippen molar-refractivity contribution in [3.63, 3.8) is 0 Å². The summed E-state index contributed by atoms with van der Waals surface area (Å²) in [5.41, 5.74) is 0. The third-order valence-electron chi connectivity index (χ3n) is 1.93. The third-order valence-corrected chi connectivity index (χ3v) is 4.07. The summed E-state index contributed by atoms with van der Waals surface area (Å²) < 4.78 is 0.999. The molecule has 4 heteroatoms. The molecule has 0 amide bonds. The van der Waals surface area contributed by atoms with Crippen LogP contribution in [0.2, 0.25) is 0 Å². The first-order valence-corrected chi connectivity index (χ1v) is 5.68. The SMILES string of the molecule is OCCc1nc(Br)c(C2CC2)s1. The third kappa shape index (κ3) is 1.70. The van der Waals surface area contributed by atoms with Crippen molar-refractivity contribution in [2.24, 2.45) is 0 Å². The number of nitrogens with zero attached hydrogens (tertiary/aromatic N) is 1. The van der Waals surface area contributed by atoms with E-state index in [0.717, 1.165) is 15.5 Å². The lowest BCUT2D eigenvalue weighted by atomic mass is 10.4. The van der Waals surface area contributed by atoms with Gasteiger partial charge in [-0.25, -0.2) is 4.98 Å². The molecule has 0 atom stereocenters. The molecule has 66 valence electrons. The highest BCUT2D eigenvalue weighted by Crippen LogP contribution is 2.45. The van der Waals surface area contributed by atoms with E-state index in [4.69, 9.17) is 5.11 Å². The van der Waals surface area contributed by atoms with E-state index in [1.54, 1.807) is 11.3 Å². The van der Waals surface area contributed by atoms with Crippen molar-refractivity contribution in [3.05, 3.63) is 14.5 Å². The number of aromatic nitrogens is 1. The summed E-state index contributed by atoms with van der Waals surface area (Å²) in [5, 5.41) is 9.77. The maximum absolute atomic E-state index is 8.73. The lowest BCUT2D eigenvalue weighted by molar-refractivity contribution is 0.299. The van der Waals surface area contributed by atoms with Crippen LogP contribution < -0.4 is 0 Å². The topological polar surface area (TPSA) is 33.1 Å². The van der Waals surface area contributed by atoms with Crippen molar-refractivity contribution in [3.8, 4) is 0 Å². The molecule has 1 aliphatic carbocycles. The molecule has 0 bridgehead atoms. The van der Waals surface area contributed by atoms with E-state index in [9.17, 15) is 0 Å². The zero-order valence-electron chi connectivity index (χ0n) is 6.59. The van der Waals surface area contributed by atoms with Crippen molar-refractivity contribution in [2.45, 2.75) is 25.2 Å². The maximum atomic E-state index is 8.73. The van der Waals surface area contributed by atoms with E-state index in [1.165, 1.54) is 17.7 Å². The number of hydrogen-bond donors (Lipinski definition) is 1. The van der Waals surface area contributed by atoms with E-state index < -0.39 is 0 Å². The van der Waals surface area contributed by atoms with E-state index in [2.05, 4.69) is 20.9 Å². The second kappa shape index (κ2) is 3.44. The number of aliphatic hydroxyl groups is 1. The zero-order valence-corrected chi connectivity index (χ0v) is 8.99. The number of halogens is 1. The van der Waals surface area contributed by atoms with E-state index in [0.29, 0.717) is 6.42 Å². The molecule has 0 radical (unpaired) electrons. The normalized spacial score (nSPS) is 16.8. The van der Waals surface area contributed by atoms with Gasteiger partial charge in [-0.1, -0.05) is 0 Å². The molecule has 1 aromatic rings. The van der Waals surface area contributed by atoms with Gasteiger partial charge in [0.05, 0.1) is 5.01 Å². The Morgan fingerprint density at radius 1 is 1.58 bits per heavy atom. The molecule has 1 aromatic heterocycles. The molecular formula is C8H10BrNOS. The van der Waals surface area contributed by atoms with Gasteiger partial charge in [-0.2, -0.15) is 0 Å². The first-order chi connectivity index (χ1) is 5.81. The summed E-state index contributed by atoms with van der Waals surface area (Å²) in [6, 6.07) is 0. The fraction of sp³-hybridized carbons (Fsp3) is 0.625. The number of aliphatic hydroxyl groups excluding tert-OH is 1. The number of rotatable bonds is 3. The molecule has 1 aliphatic rings. The average Bonchev–Trinajstić information content (AvgIpc) is 2.79. The van der Waals surface area contributed by atoms with Gasteiger partial charge < -0.3 is 5.11 Å². The summed E-state index contributed by atoms with van der Waals surface area (Å²) in [5.74, 6) is 0.754. The van der Waals surface area contributed by atoms with E-state index >= 15 is 0 Å². The fourth-order valence-corrected chi connectivity index (χ4v) is 3.17. The molecule has 1 heterocycles. The minimum absolute atomic E-state index is 0.198. The zero-order chi connectivity index (χ0) is 8.55. The van der Waals surface area contributed by atoms with Crippen molar-refractivity contribution in [2.75, 3.05) is 6.61 Å². The standard InChI is InChI=1S/C8H10BrNOS/c9-8-7(5-1-2-5)12-6(10-8)3-4-11/h5,11H,1-4H2. The summed E-state index contributed by atoms with van der Waals surface area (Å²) in [7, 11) is 0. The lowest BCUT2D eigenvalue weighted by Gasteiger charge is -1.87. The number of hydrogen-bond acceptors (Lipinski definition) is 3. The molecule has 0 aromatic carbocycles. The van der Waals surface area contributed by atoms with Gasteiger partial charge in [0.25, 0.3) is 0 Å². The van der Waals surface area contributed by atoms with Gasteiger partial charge in [0.2, 0.25) is 0 Å². The Kier molecular flexibility index (Phi) is 2.48. The molecule has 12 heavy (non-hydrogen) atoms. The van der Waals surface area contributed by atoms with Gasteiger partial charge in [0.15, 0.2) is 0 Å². The Balaban J connectivity index is 2.18. The van der Waals surface area contributed by atoms with Crippen molar-refractivity contribution in [1.29, 1.82) is 0 Å². The first-order valence-electron chi connectivity index (χ1n) is 4.07. The number of thiazole rings is 1. The first kappa shape index (κ1) is 8.66. The van der Waals surface area contributed by atoms with Crippen LogP contribution in [-0.2, 0) is 6.42 Å². The highest BCUT2D eigenvalue weighted by atomic mass is 79.9. The fourth-order valence-electron chi connectivity index (χ4n) is 1.16. The molecule has 1 fully saturated rings. The monoisotopic (exact) mass is 247 g/mol. The van der Waals surface area contributed by atoms with E-state index in [1.807, 2.05) is 0 Å². The average molecular weight is 248 g/mol. The molecule has 0 saturated heterocycles. The minimum Gasteiger partial charge on any atom is -0.396 e. The maximum Gasteiger partial charge on any atom is 0.120 e. The molecule has 0 aliphatic heterocycles. The Morgan fingerprint density at radius 3 is 2.92 bits per heavy atom. The Bertz CT molecular complexity index is 283. The lowest BCUT2D eigenvalue weighted by Crippen LogP contribution is -1.87. The van der Waals surface area contributed by atoms with Crippen LogP contribution in [0.1, 0.15) is 28.6 Å². The van der Waals surface area contributed by atoms with Crippen molar-refractivity contribution < 1.29 is 5.11 Å². The Labute approximate surface area is 83.8 Å². The van der Waals surface area contributed by atoms with Gasteiger partial charge in [-0.3, -0.25) is 0 Å². The molecule has 0 spiro atoms. The summed E-state index contributed by atoms with van der Waals surface area (Å²) in [6.45, 7) is 0.198. The van der Waals surface area contributed by atoms with Crippen LogP contribution in [0.25, 0.3) is 0 Å². The minimum atomic E-state index is 0.198. The Morgan fingerprint density at radius 2 is 2.33 bits per heavy atom. The van der Waals surface area contributed by atoms with Crippen LogP contribution in [-0.4, -0.2) is 16.7 Å². The molecular weight excluding hydrogens is 238 g/mol. The van der Waals surface area contributed by atoms with Gasteiger partial charge in [-0.05, 0) is 34.7 Å².